The van der Waals surface area contributed by atoms with E-state index in [4.69, 9.17) is 5.73 Å². The Balaban J connectivity index is 0.00000256. The number of hydrogen-bond acceptors (Lipinski definition) is 5. The van der Waals surface area contributed by atoms with Crippen LogP contribution in [0.1, 0.15) is 24.9 Å². The molecule has 6 nitrogen and oxygen atoms in total. The molecule has 0 aliphatic carbocycles. The van der Waals surface area contributed by atoms with E-state index in [1.54, 1.807) is 6.92 Å². The smallest absolute Gasteiger partial charge is 0.270 e. The van der Waals surface area contributed by atoms with E-state index in [0.29, 0.717) is 6.42 Å². The fourth-order valence-corrected chi connectivity index (χ4v) is 1.38. The van der Waals surface area contributed by atoms with Crippen molar-refractivity contribution in [1.29, 1.82) is 0 Å². The molecule has 0 saturated heterocycles. The van der Waals surface area contributed by atoms with E-state index >= 15 is 0 Å². The molecule has 96 valence electrons. The van der Waals surface area contributed by atoms with Crippen LogP contribution < -0.4 is 5.73 Å². The molecule has 1 aromatic carbocycles. The first kappa shape index (κ1) is 15.6. The second kappa shape index (κ2) is 6.39. The van der Waals surface area contributed by atoms with Crippen molar-refractivity contribution in [1.82, 2.24) is 0 Å². The Kier molecular flexibility index (Phi) is 5.87. The van der Waals surface area contributed by atoms with Gasteiger partial charge in [-0.2, -0.15) is 0 Å². The zero-order valence-corrected chi connectivity index (χ0v) is 10.1. The van der Waals surface area contributed by atoms with Gasteiger partial charge in [0.15, 0.2) is 0 Å². The van der Waals surface area contributed by atoms with Crippen LogP contribution in [0.15, 0.2) is 18.2 Å². The van der Waals surface area contributed by atoms with Gasteiger partial charge in [-0.25, -0.2) is 0 Å². The van der Waals surface area contributed by atoms with Gasteiger partial charge >= 0.3 is 0 Å². The summed E-state index contributed by atoms with van der Waals surface area (Å²) in [6.07, 6.45) is -0.434. The van der Waals surface area contributed by atoms with Gasteiger partial charge in [-0.15, -0.1) is 12.4 Å². The third kappa shape index (κ3) is 3.55. The van der Waals surface area contributed by atoms with E-state index in [0.717, 1.165) is 0 Å². The fraction of sp³-hybridized carbons (Fsp3) is 0.400. The number of phenolic OH excluding ortho intramolecular Hbond substituents is 1. The molecular weight excluding hydrogens is 248 g/mol. The second-order valence-electron chi connectivity index (χ2n) is 3.50. The lowest BCUT2D eigenvalue weighted by atomic mass is 9.99. The lowest BCUT2D eigenvalue weighted by Gasteiger charge is -2.18. The van der Waals surface area contributed by atoms with Crippen molar-refractivity contribution in [3.05, 3.63) is 33.9 Å². The third-order valence-corrected chi connectivity index (χ3v) is 2.41. The summed E-state index contributed by atoms with van der Waals surface area (Å²) >= 11 is 0. The Labute approximate surface area is 105 Å². The monoisotopic (exact) mass is 262 g/mol. The summed E-state index contributed by atoms with van der Waals surface area (Å²) in [6, 6.07) is 2.74. The molecule has 17 heavy (non-hydrogen) atoms. The van der Waals surface area contributed by atoms with Gasteiger partial charge in [-0.05, 0) is 12.5 Å². The number of benzene rings is 1. The molecule has 1 aromatic rings. The Hall–Kier alpha value is -1.37. The van der Waals surface area contributed by atoms with Crippen LogP contribution in [0, 0.1) is 10.1 Å². The number of halogens is 1. The molecule has 4 N–H and O–H groups in total. The highest BCUT2D eigenvalue weighted by molar-refractivity contribution is 5.85. The van der Waals surface area contributed by atoms with Crippen molar-refractivity contribution in [3.8, 4) is 5.75 Å². The third-order valence-electron chi connectivity index (χ3n) is 2.41. The van der Waals surface area contributed by atoms with E-state index in [1.807, 2.05) is 0 Å². The zero-order chi connectivity index (χ0) is 12.3. The zero-order valence-electron chi connectivity index (χ0n) is 9.24. The molecule has 0 unspecified atom stereocenters. The summed E-state index contributed by atoms with van der Waals surface area (Å²) in [5.41, 5.74) is 5.71. The number of nitro benzene ring substituents is 1. The molecule has 0 fully saturated rings. The first-order valence-corrected chi connectivity index (χ1v) is 4.88. The fourth-order valence-electron chi connectivity index (χ4n) is 1.38. The Morgan fingerprint density at radius 3 is 2.59 bits per heavy atom. The average molecular weight is 263 g/mol. The van der Waals surface area contributed by atoms with Gasteiger partial charge in [-0.1, -0.05) is 6.92 Å². The normalized spacial score (nSPS) is 13.6. The number of non-ortho nitro benzene ring substituents is 1. The standard InChI is InChI=1S/C10H14N2O4.ClH/c1-2-8(13)10(11)7-5-6(12(15)16)3-4-9(7)14;/h3-5,8,10,13-14H,2,11H2,1H3;1H/t8-,10+;/m1./s1. The molecule has 0 amide bonds. The van der Waals surface area contributed by atoms with Gasteiger partial charge in [0.2, 0.25) is 0 Å². The van der Waals surface area contributed by atoms with E-state index in [-0.39, 0.29) is 29.4 Å². The van der Waals surface area contributed by atoms with Crippen molar-refractivity contribution in [2.45, 2.75) is 25.5 Å². The maximum Gasteiger partial charge on any atom is 0.270 e. The van der Waals surface area contributed by atoms with Gasteiger partial charge in [0.05, 0.1) is 17.1 Å². The predicted octanol–water partition coefficient (Wildman–Crippen LogP) is 1.49. The van der Waals surface area contributed by atoms with Crippen LogP contribution in [0.25, 0.3) is 0 Å². The average Bonchev–Trinajstić information content (AvgIpc) is 2.27. The molecule has 2 atom stereocenters. The summed E-state index contributed by atoms with van der Waals surface area (Å²) in [5.74, 6) is -0.148. The van der Waals surface area contributed by atoms with Crippen molar-refractivity contribution < 1.29 is 15.1 Å². The molecule has 0 aromatic heterocycles. The molecule has 0 saturated carbocycles. The van der Waals surface area contributed by atoms with Crippen LogP contribution >= 0.6 is 12.4 Å². The lowest BCUT2D eigenvalue weighted by molar-refractivity contribution is -0.385. The lowest BCUT2D eigenvalue weighted by Crippen LogP contribution is -2.25. The number of rotatable bonds is 4. The molecule has 0 spiro atoms. The van der Waals surface area contributed by atoms with Gasteiger partial charge in [0.1, 0.15) is 5.75 Å². The molecule has 0 bridgehead atoms. The topological polar surface area (TPSA) is 110 Å². The van der Waals surface area contributed by atoms with E-state index < -0.39 is 17.1 Å². The van der Waals surface area contributed by atoms with Gasteiger partial charge < -0.3 is 15.9 Å². The Morgan fingerprint density at radius 2 is 2.12 bits per heavy atom. The number of phenols is 1. The Morgan fingerprint density at radius 1 is 1.53 bits per heavy atom. The first-order valence-electron chi connectivity index (χ1n) is 4.88. The molecule has 7 heteroatoms. The minimum atomic E-state index is -0.840. The van der Waals surface area contributed by atoms with Crippen LogP contribution in [-0.4, -0.2) is 21.2 Å². The number of hydrogen-bond donors (Lipinski definition) is 3. The molecule has 0 heterocycles. The highest BCUT2D eigenvalue weighted by Crippen LogP contribution is 2.29. The number of nitrogens with two attached hydrogens (primary N) is 1. The summed E-state index contributed by atoms with van der Waals surface area (Å²) in [6.45, 7) is 1.74. The van der Waals surface area contributed by atoms with Crippen LogP contribution in [0.5, 0.6) is 5.75 Å². The molecular formula is C10H15ClN2O4. The summed E-state index contributed by atoms with van der Waals surface area (Å²) in [5, 5.41) is 29.6. The van der Waals surface area contributed by atoms with Crippen LogP contribution in [-0.2, 0) is 0 Å². The van der Waals surface area contributed by atoms with Gasteiger partial charge in [0, 0.05) is 17.7 Å². The summed E-state index contributed by atoms with van der Waals surface area (Å²) < 4.78 is 0. The number of aromatic hydroxyl groups is 1. The second-order valence-corrected chi connectivity index (χ2v) is 3.50. The first-order chi connectivity index (χ1) is 7.47. The number of nitrogens with zero attached hydrogens (tertiary/aromatic N) is 1. The van der Waals surface area contributed by atoms with Crippen molar-refractivity contribution in [2.75, 3.05) is 0 Å². The van der Waals surface area contributed by atoms with Crippen molar-refractivity contribution >= 4 is 18.1 Å². The van der Waals surface area contributed by atoms with E-state index in [1.165, 1.54) is 18.2 Å². The van der Waals surface area contributed by atoms with Crippen molar-refractivity contribution in [2.24, 2.45) is 5.73 Å². The van der Waals surface area contributed by atoms with Crippen LogP contribution in [0.3, 0.4) is 0 Å². The van der Waals surface area contributed by atoms with E-state index in [9.17, 15) is 20.3 Å². The summed E-state index contributed by atoms with van der Waals surface area (Å²) in [4.78, 5) is 9.97. The highest BCUT2D eigenvalue weighted by atomic mass is 35.5. The Bertz CT molecular complexity index is 400. The number of aliphatic hydroxyl groups is 1. The summed E-state index contributed by atoms with van der Waals surface area (Å²) in [7, 11) is 0. The largest absolute Gasteiger partial charge is 0.508 e. The maximum atomic E-state index is 10.5. The SMILES string of the molecule is CC[C@@H](O)[C@@H](N)c1cc([N+](=O)[O-])ccc1O.Cl. The molecule has 1 rings (SSSR count). The molecule has 0 aliphatic rings. The minimum Gasteiger partial charge on any atom is -0.508 e. The quantitative estimate of drug-likeness (QED) is 0.562. The van der Waals surface area contributed by atoms with Crippen molar-refractivity contribution in [3.63, 3.8) is 0 Å². The van der Waals surface area contributed by atoms with Gasteiger partial charge in [0.25, 0.3) is 5.69 Å². The maximum absolute atomic E-state index is 10.5. The molecule has 0 aliphatic heterocycles. The predicted molar refractivity (Wildman–Crippen MR) is 65.2 cm³/mol. The van der Waals surface area contributed by atoms with Gasteiger partial charge in [-0.3, -0.25) is 10.1 Å². The number of aliphatic hydroxyl groups excluding tert-OH is 1. The van der Waals surface area contributed by atoms with Crippen LogP contribution in [0.2, 0.25) is 0 Å². The highest BCUT2D eigenvalue weighted by Gasteiger charge is 2.20. The number of nitro groups is 1. The van der Waals surface area contributed by atoms with Crippen LogP contribution in [0.4, 0.5) is 5.69 Å². The molecule has 0 radical (unpaired) electrons. The minimum absolute atomic E-state index is 0. The van der Waals surface area contributed by atoms with E-state index in [2.05, 4.69) is 0 Å².